The van der Waals surface area contributed by atoms with Crippen molar-refractivity contribution in [1.29, 1.82) is 0 Å². The summed E-state index contributed by atoms with van der Waals surface area (Å²) in [6.45, 7) is 4.68. The summed E-state index contributed by atoms with van der Waals surface area (Å²) in [4.78, 5) is 25.5. The minimum atomic E-state index is -0.217. The summed E-state index contributed by atoms with van der Waals surface area (Å²) in [6, 6.07) is 12.9. The summed E-state index contributed by atoms with van der Waals surface area (Å²) in [5.41, 5.74) is 1.25. The number of amides is 1. The molecular weight excluding hydrogens is 252 g/mol. The summed E-state index contributed by atoms with van der Waals surface area (Å²) in [5.74, 6) is -0.190. The first-order valence-corrected chi connectivity index (χ1v) is 6.51. The highest BCUT2D eigenvalue weighted by Crippen LogP contribution is 2.21. The number of hydrogen-bond acceptors (Lipinski definition) is 2. The third kappa shape index (κ3) is 3.35. The predicted molar refractivity (Wildman–Crippen MR) is 78.9 cm³/mol. The van der Waals surface area contributed by atoms with Crippen molar-refractivity contribution in [2.24, 2.45) is 0 Å². The lowest BCUT2D eigenvalue weighted by Crippen LogP contribution is -2.36. The molecule has 104 valence electrons. The van der Waals surface area contributed by atoms with Crippen molar-refractivity contribution < 1.29 is 4.79 Å². The van der Waals surface area contributed by atoms with Crippen molar-refractivity contribution in [1.82, 2.24) is 10.3 Å². The molecule has 1 aromatic carbocycles. The quantitative estimate of drug-likeness (QED) is 0.893. The maximum atomic E-state index is 12.0. The van der Waals surface area contributed by atoms with Crippen LogP contribution in [0.3, 0.4) is 0 Å². The van der Waals surface area contributed by atoms with E-state index >= 15 is 0 Å². The average Bonchev–Trinajstić information content (AvgIpc) is 2.46. The molecule has 4 nitrogen and oxygen atoms in total. The Labute approximate surface area is 117 Å². The molecule has 0 aliphatic heterocycles. The number of carbonyl (C=O) groups excluding carboxylic acids is 1. The number of carbonyl (C=O) groups is 1. The molecule has 4 heteroatoms. The van der Waals surface area contributed by atoms with Crippen molar-refractivity contribution in [3.8, 4) is 0 Å². The van der Waals surface area contributed by atoms with E-state index in [9.17, 15) is 9.59 Å². The Morgan fingerprint density at radius 1 is 1.15 bits per heavy atom. The van der Waals surface area contributed by atoms with Crippen molar-refractivity contribution in [2.75, 3.05) is 6.54 Å². The summed E-state index contributed by atoms with van der Waals surface area (Å²) in [5, 5.41) is 2.90. The largest absolute Gasteiger partial charge is 0.351 e. The van der Waals surface area contributed by atoms with E-state index < -0.39 is 0 Å². The Morgan fingerprint density at radius 3 is 2.45 bits per heavy atom. The molecular formula is C16H18N2O2. The molecule has 0 fully saturated rings. The van der Waals surface area contributed by atoms with Crippen LogP contribution in [0.5, 0.6) is 0 Å². The smallest absolute Gasteiger partial charge is 0.252 e. The van der Waals surface area contributed by atoms with Crippen LogP contribution in [-0.4, -0.2) is 17.4 Å². The summed E-state index contributed by atoms with van der Waals surface area (Å²) < 4.78 is 0. The van der Waals surface area contributed by atoms with Crippen LogP contribution in [0, 0.1) is 0 Å². The SMILES string of the molecule is CC(C)(CNC(=O)c1ccc(=O)[nH]c1)c1ccccc1. The van der Waals surface area contributed by atoms with Crippen molar-refractivity contribution in [3.63, 3.8) is 0 Å². The zero-order valence-electron chi connectivity index (χ0n) is 11.6. The molecule has 0 radical (unpaired) electrons. The topological polar surface area (TPSA) is 62.0 Å². The number of pyridine rings is 1. The molecule has 1 aromatic heterocycles. The first-order chi connectivity index (χ1) is 9.49. The lowest BCUT2D eigenvalue weighted by atomic mass is 9.84. The van der Waals surface area contributed by atoms with Gasteiger partial charge in [0, 0.05) is 24.2 Å². The number of hydrogen-bond donors (Lipinski definition) is 2. The molecule has 0 saturated carbocycles. The van der Waals surface area contributed by atoms with Crippen LogP contribution in [0.1, 0.15) is 29.8 Å². The van der Waals surface area contributed by atoms with Crippen LogP contribution in [-0.2, 0) is 5.41 Å². The molecule has 0 aliphatic carbocycles. The first-order valence-electron chi connectivity index (χ1n) is 6.51. The van der Waals surface area contributed by atoms with Gasteiger partial charge in [-0.3, -0.25) is 9.59 Å². The van der Waals surface area contributed by atoms with Crippen molar-refractivity contribution in [3.05, 3.63) is 70.1 Å². The summed E-state index contributed by atoms with van der Waals surface area (Å²) in [7, 11) is 0. The van der Waals surface area contributed by atoms with Gasteiger partial charge < -0.3 is 10.3 Å². The van der Waals surface area contributed by atoms with Crippen molar-refractivity contribution >= 4 is 5.91 Å². The fourth-order valence-corrected chi connectivity index (χ4v) is 1.95. The van der Waals surface area contributed by atoms with Gasteiger partial charge >= 0.3 is 0 Å². The number of rotatable bonds is 4. The van der Waals surface area contributed by atoms with E-state index in [2.05, 4.69) is 24.1 Å². The Hall–Kier alpha value is -2.36. The Balaban J connectivity index is 2.03. The summed E-state index contributed by atoms with van der Waals surface area (Å²) in [6.07, 6.45) is 1.42. The van der Waals surface area contributed by atoms with Gasteiger partial charge in [0.25, 0.3) is 5.91 Å². The van der Waals surface area contributed by atoms with Gasteiger partial charge in [-0.1, -0.05) is 44.2 Å². The van der Waals surface area contributed by atoms with Gasteiger partial charge in [-0.2, -0.15) is 0 Å². The Kier molecular flexibility index (Phi) is 4.03. The molecule has 1 heterocycles. The minimum absolute atomic E-state index is 0.154. The minimum Gasteiger partial charge on any atom is -0.351 e. The van der Waals surface area contributed by atoms with Crippen LogP contribution in [0.25, 0.3) is 0 Å². The van der Waals surface area contributed by atoms with Crippen LogP contribution >= 0.6 is 0 Å². The Morgan fingerprint density at radius 2 is 1.85 bits per heavy atom. The van der Waals surface area contributed by atoms with Gasteiger partial charge in [-0.05, 0) is 11.6 Å². The lowest BCUT2D eigenvalue weighted by molar-refractivity contribution is 0.0945. The van der Waals surface area contributed by atoms with Crippen LogP contribution < -0.4 is 10.9 Å². The van der Waals surface area contributed by atoms with Gasteiger partial charge in [0.2, 0.25) is 5.56 Å². The fourth-order valence-electron chi connectivity index (χ4n) is 1.95. The van der Waals surface area contributed by atoms with Gasteiger partial charge in [0.15, 0.2) is 0 Å². The average molecular weight is 270 g/mol. The van der Waals surface area contributed by atoms with E-state index in [1.807, 2.05) is 30.3 Å². The van der Waals surface area contributed by atoms with E-state index in [0.29, 0.717) is 12.1 Å². The van der Waals surface area contributed by atoms with E-state index in [4.69, 9.17) is 0 Å². The Bertz CT molecular complexity index is 625. The zero-order valence-corrected chi connectivity index (χ0v) is 11.6. The molecule has 2 N–H and O–H groups in total. The highest BCUT2D eigenvalue weighted by atomic mass is 16.1. The highest BCUT2D eigenvalue weighted by molar-refractivity contribution is 5.93. The number of benzene rings is 1. The molecule has 2 aromatic rings. The highest BCUT2D eigenvalue weighted by Gasteiger charge is 2.21. The molecule has 20 heavy (non-hydrogen) atoms. The lowest BCUT2D eigenvalue weighted by Gasteiger charge is -2.25. The molecule has 0 bridgehead atoms. The van der Waals surface area contributed by atoms with Crippen LogP contribution in [0.4, 0.5) is 0 Å². The molecule has 1 amide bonds. The van der Waals surface area contributed by atoms with E-state index in [-0.39, 0.29) is 16.9 Å². The first kappa shape index (κ1) is 14.1. The van der Waals surface area contributed by atoms with Crippen LogP contribution in [0.15, 0.2) is 53.5 Å². The van der Waals surface area contributed by atoms with E-state index in [1.54, 1.807) is 0 Å². The second-order valence-corrected chi connectivity index (χ2v) is 5.37. The van der Waals surface area contributed by atoms with E-state index in [0.717, 1.165) is 0 Å². The maximum absolute atomic E-state index is 12.0. The van der Waals surface area contributed by atoms with Gasteiger partial charge in [0.1, 0.15) is 0 Å². The van der Waals surface area contributed by atoms with Gasteiger partial charge in [0.05, 0.1) is 5.56 Å². The van der Waals surface area contributed by atoms with Gasteiger partial charge in [-0.25, -0.2) is 0 Å². The normalized spacial score (nSPS) is 11.1. The standard InChI is InChI=1S/C16H18N2O2/c1-16(2,13-6-4-3-5-7-13)11-18-15(20)12-8-9-14(19)17-10-12/h3-10H,11H2,1-2H3,(H,17,19)(H,18,20). The number of aromatic amines is 1. The molecule has 0 unspecified atom stereocenters. The number of H-pyrrole nitrogens is 1. The number of aromatic nitrogens is 1. The van der Waals surface area contributed by atoms with Crippen molar-refractivity contribution in [2.45, 2.75) is 19.3 Å². The molecule has 0 aliphatic rings. The fraction of sp³-hybridized carbons (Fsp3) is 0.250. The third-order valence-corrected chi connectivity index (χ3v) is 3.29. The molecule has 0 atom stereocenters. The third-order valence-electron chi connectivity index (χ3n) is 3.29. The molecule has 0 saturated heterocycles. The maximum Gasteiger partial charge on any atom is 0.252 e. The van der Waals surface area contributed by atoms with E-state index in [1.165, 1.54) is 23.9 Å². The predicted octanol–water partition coefficient (Wildman–Crippen LogP) is 2.08. The second-order valence-electron chi connectivity index (χ2n) is 5.37. The van der Waals surface area contributed by atoms with Gasteiger partial charge in [-0.15, -0.1) is 0 Å². The monoisotopic (exact) mass is 270 g/mol. The number of nitrogens with one attached hydrogen (secondary N) is 2. The molecule has 2 rings (SSSR count). The summed E-state index contributed by atoms with van der Waals surface area (Å²) >= 11 is 0. The zero-order chi connectivity index (χ0) is 14.6. The molecule has 0 spiro atoms. The van der Waals surface area contributed by atoms with Crippen LogP contribution in [0.2, 0.25) is 0 Å². The second kappa shape index (κ2) is 5.74.